The predicted molar refractivity (Wildman–Crippen MR) is 69.7 cm³/mol. The number of ether oxygens (including phenoxy) is 1. The summed E-state index contributed by atoms with van der Waals surface area (Å²) in [6.45, 7) is 3.83. The fourth-order valence-electron chi connectivity index (χ4n) is 1.97. The summed E-state index contributed by atoms with van der Waals surface area (Å²) in [6, 6.07) is 5.51. The first kappa shape index (κ1) is 13.3. The minimum absolute atomic E-state index is 0.118. The van der Waals surface area contributed by atoms with Crippen molar-refractivity contribution in [2.24, 2.45) is 0 Å². The lowest BCUT2D eigenvalue weighted by molar-refractivity contribution is 0.00349. The number of aromatic nitrogens is 1. The predicted octanol–water partition coefficient (Wildman–Crippen LogP) is 0.878. The van der Waals surface area contributed by atoms with E-state index in [1.165, 1.54) is 0 Å². The van der Waals surface area contributed by atoms with Crippen LogP contribution in [0.1, 0.15) is 17.3 Å². The number of morpholine rings is 1. The number of carbonyl (C=O) groups is 1. The van der Waals surface area contributed by atoms with Gasteiger partial charge in [-0.25, -0.2) is 4.98 Å². The molecular weight excluding hydrogens is 244 g/mol. The van der Waals surface area contributed by atoms with Gasteiger partial charge in [0.15, 0.2) is 6.10 Å². The van der Waals surface area contributed by atoms with Crippen molar-refractivity contribution in [3.8, 4) is 6.07 Å². The minimum Gasteiger partial charge on any atom is -0.370 e. The second-order valence-electron chi connectivity index (χ2n) is 4.17. The number of carbonyl (C=O) groups excluding carboxylic acids is 1. The summed E-state index contributed by atoms with van der Waals surface area (Å²) >= 11 is 0. The molecule has 1 unspecified atom stereocenters. The lowest BCUT2D eigenvalue weighted by Crippen LogP contribution is -2.45. The lowest BCUT2D eigenvalue weighted by atomic mass is 10.2. The Bertz CT molecular complexity index is 498. The fraction of sp³-hybridized carbons (Fsp3) is 0.462. The van der Waals surface area contributed by atoms with Gasteiger partial charge in [0.25, 0.3) is 5.91 Å². The lowest BCUT2D eigenvalue weighted by Gasteiger charge is -2.30. The molecule has 19 heavy (non-hydrogen) atoms. The average Bonchev–Trinajstić information content (AvgIpc) is 2.47. The van der Waals surface area contributed by atoms with Crippen molar-refractivity contribution in [2.75, 3.05) is 31.6 Å². The Labute approximate surface area is 112 Å². The molecule has 1 N–H and O–H groups in total. The minimum atomic E-state index is -0.544. The first-order chi connectivity index (χ1) is 9.26. The van der Waals surface area contributed by atoms with E-state index < -0.39 is 6.10 Å². The Hall–Kier alpha value is -2.13. The van der Waals surface area contributed by atoms with E-state index in [0.29, 0.717) is 37.6 Å². The van der Waals surface area contributed by atoms with Crippen LogP contribution in [-0.2, 0) is 4.74 Å². The number of nitrogens with zero attached hydrogens (tertiary/aromatic N) is 3. The molecule has 1 aromatic heterocycles. The van der Waals surface area contributed by atoms with Crippen molar-refractivity contribution in [1.82, 2.24) is 9.88 Å². The molecule has 1 fully saturated rings. The summed E-state index contributed by atoms with van der Waals surface area (Å²) < 4.78 is 5.23. The standard InChI is InChI=1S/C13H16N4O2/c1-2-15-12-11(4-3-5-16-12)13(18)17-6-7-19-10(8-14)9-17/h3-5,10H,2,6-7,9H2,1H3,(H,15,16). The Balaban J connectivity index is 2.17. The first-order valence-corrected chi connectivity index (χ1v) is 6.25. The Kier molecular flexibility index (Phi) is 4.31. The maximum atomic E-state index is 12.4. The van der Waals surface area contributed by atoms with E-state index in [9.17, 15) is 4.79 Å². The van der Waals surface area contributed by atoms with E-state index in [0.717, 1.165) is 0 Å². The van der Waals surface area contributed by atoms with Gasteiger partial charge in [-0.2, -0.15) is 5.26 Å². The van der Waals surface area contributed by atoms with Crippen LogP contribution < -0.4 is 5.32 Å². The number of anilines is 1. The van der Waals surface area contributed by atoms with Crippen LogP contribution in [0.5, 0.6) is 0 Å². The second kappa shape index (κ2) is 6.16. The molecule has 2 heterocycles. The first-order valence-electron chi connectivity index (χ1n) is 6.25. The van der Waals surface area contributed by atoms with Gasteiger partial charge in [-0.15, -0.1) is 0 Å². The topological polar surface area (TPSA) is 78.2 Å². The zero-order chi connectivity index (χ0) is 13.7. The summed E-state index contributed by atoms with van der Waals surface area (Å²) in [5.74, 6) is 0.461. The number of nitrogens with one attached hydrogen (secondary N) is 1. The van der Waals surface area contributed by atoms with Crippen LogP contribution in [0.15, 0.2) is 18.3 Å². The van der Waals surface area contributed by atoms with Crippen LogP contribution in [-0.4, -0.2) is 48.1 Å². The molecule has 6 heteroatoms. The highest BCUT2D eigenvalue weighted by atomic mass is 16.5. The smallest absolute Gasteiger partial charge is 0.257 e. The number of hydrogen-bond acceptors (Lipinski definition) is 5. The molecule has 1 aliphatic rings. The highest BCUT2D eigenvalue weighted by molar-refractivity contribution is 5.98. The van der Waals surface area contributed by atoms with Gasteiger partial charge in [-0.3, -0.25) is 4.79 Å². The van der Waals surface area contributed by atoms with Crippen LogP contribution in [0.4, 0.5) is 5.82 Å². The zero-order valence-electron chi connectivity index (χ0n) is 10.8. The molecule has 0 radical (unpaired) electrons. The van der Waals surface area contributed by atoms with Gasteiger partial charge >= 0.3 is 0 Å². The van der Waals surface area contributed by atoms with Crippen molar-refractivity contribution in [2.45, 2.75) is 13.0 Å². The van der Waals surface area contributed by atoms with Gasteiger partial charge in [0.2, 0.25) is 0 Å². The Morgan fingerprint density at radius 3 is 3.32 bits per heavy atom. The Morgan fingerprint density at radius 2 is 2.58 bits per heavy atom. The third kappa shape index (κ3) is 3.01. The average molecular weight is 260 g/mol. The largest absolute Gasteiger partial charge is 0.370 e. The van der Waals surface area contributed by atoms with E-state index in [4.69, 9.17) is 10.00 Å². The van der Waals surface area contributed by atoms with Gasteiger partial charge in [0.1, 0.15) is 5.82 Å². The van der Waals surface area contributed by atoms with E-state index in [2.05, 4.69) is 10.3 Å². The van der Waals surface area contributed by atoms with E-state index >= 15 is 0 Å². The summed E-state index contributed by atoms with van der Waals surface area (Å²) in [5.41, 5.74) is 0.530. The summed E-state index contributed by atoms with van der Waals surface area (Å²) in [4.78, 5) is 18.2. The molecule has 0 bridgehead atoms. The molecule has 2 rings (SSSR count). The van der Waals surface area contributed by atoms with Crippen LogP contribution in [0.3, 0.4) is 0 Å². The quantitative estimate of drug-likeness (QED) is 0.872. The molecule has 0 aromatic carbocycles. The van der Waals surface area contributed by atoms with Gasteiger partial charge in [-0.1, -0.05) is 0 Å². The molecule has 100 valence electrons. The van der Waals surface area contributed by atoms with Crippen LogP contribution in [0, 0.1) is 11.3 Å². The summed E-state index contributed by atoms with van der Waals surface area (Å²) in [5, 5.41) is 11.9. The maximum Gasteiger partial charge on any atom is 0.257 e. The normalized spacial score (nSPS) is 18.7. The van der Waals surface area contributed by atoms with Gasteiger partial charge in [0.05, 0.1) is 24.8 Å². The number of rotatable bonds is 3. The molecule has 0 saturated carbocycles. The summed E-state index contributed by atoms with van der Waals surface area (Å²) in [6.07, 6.45) is 1.10. The van der Waals surface area contributed by atoms with Crippen LogP contribution in [0.2, 0.25) is 0 Å². The van der Waals surface area contributed by atoms with E-state index in [1.54, 1.807) is 23.2 Å². The van der Waals surface area contributed by atoms with Crippen molar-refractivity contribution in [3.63, 3.8) is 0 Å². The molecule has 1 aliphatic heterocycles. The third-order valence-corrected chi connectivity index (χ3v) is 2.88. The van der Waals surface area contributed by atoms with Gasteiger partial charge in [-0.05, 0) is 19.1 Å². The molecule has 1 amide bonds. The number of hydrogen-bond donors (Lipinski definition) is 1. The number of pyridine rings is 1. The van der Waals surface area contributed by atoms with Crippen molar-refractivity contribution in [3.05, 3.63) is 23.9 Å². The van der Waals surface area contributed by atoms with Crippen LogP contribution in [0.25, 0.3) is 0 Å². The monoisotopic (exact) mass is 260 g/mol. The Morgan fingerprint density at radius 1 is 1.74 bits per heavy atom. The molecule has 6 nitrogen and oxygen atoms in total. The summed E-state index contributed by atoms with van der Waals surface area (Å²) in [7, 11) is 0. The number of amides is 1. The highest BCUT2D eigenvalue weighted by Crippen LogP contribution is 2.16. The highest BCUT2D eigenvalue weighted by Gasteiger charge is 2.26. The van der Waals surface area contributed by atoms with Gasteiger partial charge < -0.3 is 15.0 Å². The molecule has 1 saturated heterocycles. The maximum absolute atomic E-state index is 12.4. The van der Waals surface area contributed by atoms with Crippen molar-refractivity contribution >= 4 is 11.7 Å². The molecule has 0 aliphatic carbocycles. The second-order valence-corrected chi connectivity index (χ2v) is 4.17. The molecular formula is C13H16N4O2. The SMILES string of the molecule is CCNc1ncccc1C(=O)N1CCOC(C#N)C1. The molecule has 0 spiro atoms. The fourth-order valence-corrected chi connectivity index (χ4v) is 1.97. The zero-order valence-corrected chi connectivity index (χ0v) is 10.8. The van der Waals surface area contributed by atoms with E-state index in [1.807, 2.05) is 13.0 Å². The van der Waals surface area contributed by atoms with Crippen LogP contribution >= 0.6 is 0 Å². The van der Waals surface area contributed by atoms with Gasteiger partial charge in [0, 0.05) is 19.3 Å². The third-order valence-electron chi connectivity index (χ3n) is 2.88. The molecule has 1 aromatic rings. The van der Waals surface area contributed by atoms with Crippen molar-refractivity contribution in [1.29, 1.82) is 5.26 Å². The molecule has 1 atom stereocenters. The van der Waals surface area contributed by atoms with Crippen molar-refractivity contribution < 1.29 is 9.53 Å². The van der Waals surface area contributed by atoms with E-state index in [-0.39, 0.29) is 5.91 Å². The number of nitriles is 1.